The first-order chi connectivity index (χ1) is 5.84. The summed E-state index contributed by atoms with van der Waals surface area (Å²) in [7, 11) is 0. The summed E-state index contributed by atoms with van der Waals surface area (Å²) >= 11 is 0. The Morgan fingerprint density at radius 3 is 2.83 bits per heavy atom. The molecule has 0 fully saturated rings. The molecular formula is C11H18O. The molecule has 0 spiro atoms. The lowest BCUT2D eigenvalue weighted by molar-refractivity contribution is 0.156. The first-order valence-electron chi connectivity index (χ1n) is 4.72. The monoisotopic (exact) mass is 166 g/mol. The van der Waals surface area contributed by atoms with Crippen molar-refractivity contribution in [3.05, 3.63) is 24.5 Å². The van der Waals surface area contributed by atoms with Gasteiger partial charge in [0.2, 0.25) is 0 Å². The number of rotatable bonds is 3. The maximum atomic E-state index is 5.38. The highest BCUT2D eigenvalue weighted by Gasteiger charge is 2.17. The van der Waals surface area contributed by atoms with E-state index >= 15 is 0 Å². The molecule has 68 valence electrons. The highest BCUT2D eigenvalue weighted by atomic mass is 16.5. The number of hydrogen-bond donors (Lipinski definition) is 0. The van der Waals surface area contributed by atoms with E-state index < -0.39 is 0 Å². The van der Waals surface area contributed by atoms with Crippen molar-refractivity contribution in [3.63, 3.8) is 0 Å². The van der Waals surface area contributed by atoms with E-state index in [1.807, 2.05) is 13.0 Å². The second kappa shape index (κ2) is 5.02. The predicted octanol–water partition coefficient (Wildman–Crippen LogP) is 3.14. The van der Waals surface area contributed by atoms with E-state index in [1.54, 1.807) is 6.26 Å². The highest BCUT2D eigenvalue weighted by Crippen LogP contribution is 2.24. The van der Waals surface area contributed by atoms with Gasteiger partial charge in [-0.05, 0) is 31.6 Å². The fraction of sp³-hybridized carbons (Fsp3) is 0.636. The molecule has 1 aliphatic rings. The predicted molar refractivity (Wildman–Crippen MR) is 51.8 cm³/mol. The van der Waals surface area contributed by atoms with Crippen LogP contribution in [0.1, 0.15) is 26.7 Å². The lowest BCUT2D eigenvalue weighted by Crippen LogP contribution is -2.18. The van der Waals surface area contributed by atoms with Crippen molar-refractivity contribution >= 4 is 0 Å². The van der Waals surface area contributed by atoms with Crippen molar-refractivity contribution < 1.29 is 4.74 Å². The molecule has 0 saturated heterocycles. The Labute approximate surface area is 75.1 Å². The van der Waals surface area contributed by atoms with Gasteiger partial charge in [0.05, 0.1) is 12.9 Å². The molecule has 0 aliphatic heterocycles. The Hall–Kier alpha value is -0.720. The third-order valence-corrected chi connectivity index (χ3v) is 2.46. The van der Waals surface area contributed by atoms with Crippen molar-refractivity contribution in [3.8, 4) is 0 Å². The average Bonchev–Trinajstić information content (AvgIpc) is 2.09. The third kappa shape index (κ3) is 2.72. The van der Waals surface area contributed by atoms with Gasteiger partial charge in [0.25, 0.3) is 0 Å². The zero-order valence-electron chi connectivity index (χ0n) is 7.99. The largest absolute Gasteiger partial charge is 0.501 e. The van der Waals surface area contributed by atoms with E-state index in [4.69, 9.17) is 4.74 Å². The summed E-state index contributed by atoms with van der Waals surface area (Å²) in [5, 5.41) is 0. The molecule has 0 heterocycles. The van der Waals surface area contributed by atoms with Gasteiger partial charge in [-0.25, -0.2) is 0 Å². The zero-order valence-corrected chi connectivity index (χ0v) is 7.99. The molecule has 0 amide bonds. The molecule has 2 unspecified atom stereocenters. The van der Waals surface area contributed by atoms with Gasteiger partial charge in [-0.3, -0.25) is 0 Å². The van der Waals surface area contributed by atoms with Crippen LogP contribution in [0.15, 0.2) is 24.5 Å². The quantitative estimate of drug-likeness (QED) is 0.462. The maximum absolute atomic E-state index is 5.38. The zero-order chi connectivity index (χ0) is 8.81. The smallest absolute Gasteiger partial charge is 0.0906 e. The first-order valence-corrected chi connectivity index (χ1v) is 4.72. The molecule has 0 radical (unpaired) electrons. The number of hydrogen-bond acceptors (Lipinski definition) is 1. The van der Waals surface area contributed by atoms with Crippen molar-refractivity contribution in [2.24, 2.45) is 11.8 Å². The Morgan fingerprint density at radius 2 is 2.17 bits per heavy atom. The number of ether oxygens (including phenoxy) is 1. The van der Waals surface area contributed by atoms with E-state index in [0.29, 0.717) is 5.92 Å². The van der Waals surface area contributed by atoms with Crippen LogP contribution in [0.4, 0.5) is 0 Å². The lowest BCUT2D eigenvalue weighted by atomic mass is 9.85. The van der Waals surface area contributed by atoms with Crippen molar-refractivity contribution in [1.82, 2.24) is 0 Å². The Balaban J connectivity index is 2.26. The van der Waals surface area contributed by atoms with Gasteiger partial charge in [-0.2, -0.15) is 0 Å². The molecular weight excluding hydrogens is 148 g/mol. The molecule has 0 aromatic carbocycles. The van der Waals surface area contributed by atoms with Gasteiger partial charge in [0.1, 0.15) is 0 Å². The van der Waals surface area contributed by atoms with Gasteiger partial charge in [-0.1, -0.05) is 25.2 Å². The standard InChI is InChI=1S/C11H18O/c1-3-8-12-9-11-7-5-4-6-10(11)2/h3-5,8,10-11H,6-7,9H2,1-2H3/b8-3+. The minimum Gasteiger partial charge on any atom is -0.501 e. The molecule has 0 aromatic heterocycles. The van der Waals surface area contributed by atoms with Gasteiger partial charge in [0.15, 0.2) is 0 Å². The summed E-state index contributed by atoms with van der Waals surface area (Å²) in [6, 6.07) is 0. The minimum absolute atomic E-state index is 0.714. The molecule has 0 N–H and O–H groups in total. The normalized spacial score (nSPS) is 29.5. The Bertz CT molecular complexity index is 170. The van der Waals surface area contributed by atoms with Gasteiger partial charge < -0.3 is 4.74 Å². The maximum Gasteiger partial charge on any atom is 0.0906 e. The third-order valence-electron chi connectivity index (χ3n) is 2.46. The molecule has 1 aliphatic carbocycles. The number of allylic oxidation sites excluding steroid dienone is 3. The molecule has 0 bridgehead atoms. The highest BCUT2D eigenvalue weighted by molar-refractivity contribution is 4.93. The van der Waals surface area contributed by atoms with Crippen LogP contribution >= 0.6 is 0 Å². The molecule has 1 rings (SSSR count). The van der Waals surface area contributed by atoms with Crippen LogP contribution in [0.3, 0.4) is 0 Å². The summed E-state index contributed by atoms with van der Waals surface area (Å²) in [6.45, 7) is 5.15. The van der Waals surface area contributed by atoms with Crippen LogP contribution in [0.25, 0.3) is 0 Å². The SMILES string of the molecule is C/C=C/OCC1CC=CCC1C. The second-order valence-corrected chi connectivity index (χ2v) is 3.48. The van der Waals surface area contributed by atoms with Crippen LogP contribution < -0.4 is 0 Å². The van der Waals surface area contributed by atoms with Crippen molar-refractivity contribution in [2.45, 2.75) is 26.7 Å². The van der Waals surface area contributed by atoms with Crippen LogP contribution in [0.2, 0.25) is 0 Å². The van der Waals surface area contributed by atoms with Gasteiger partial charge in [0, 0.05) is 0 Å². The van der Waals surface area contributed by atoms with Crippen LogP contribution in [0.5, 0.6) is 0 Å². The van der Waals surface area contributed by atoms with Crippen LogP contribution in [0, 0.1) is 11.8 Å². The fourth-order valence-electron chi connectivity index (χ4n) is 1.51. The van der Waals surface area contributed by atoms with E-state index in [-0.39, 0.29) is 0 Å². The van der Waals surface area contributed by atoms with E-state index in [0.717, 1.165) is 12.5 Å². The van der Waals surface area contributed by atoms with E-state index in [9.17, 15) is 0 Å². The molecule has 2 atom stereocenters. The first kappa shape index (κ1) is 9.37. The molecule has 1 nitrogen and oxygen atoms in total. The van der Waals surface area contributed by atoms with E-state index in [1.165, 1.54) is 12.8 Å². The molecule has 1 heteroatoms. The molecule has 12 heavy (non-hydrogen) atoms. The van der Waals surface area contributed by atoms with Crippen LogP contribution in [-0.4, -0.2) is 6.61 Å². The summed E-state index contributed by atoms with van der Waals surface area (Å²) in [5.41, 5.74) is 0. The average molecular weight is 166 g/mol. The Kier molecular flexibility index (Phi) is 3.92. The summed E-state index contributed by atoms with van der Waals surface area (Å²) in [6.07, 6.45) is 10.7. The minimum atomic E-state index is 0.714. The molecule has 0 saturated carbocycles. The lowest BCUT2D eigenvalue weighted by Gasteiger charge is -2.24. The van der Waals surface area contributed by atoms with Crippen LogP contribution in [-0.2, 0) is 4.74 Å². The topological polar surface area (TPSA) is 9.23 Å². The molecule has 0 aromatic rings. The van der Waals surface area contributed by atoms with Crippen molar-refractivity contribution in [1.29, 1.82) is 0 Å². The van der Waals surface area contributed by atoms with Gasteiger partial charge >= 0.3 is 0 Å². The summed E-state index contributed by atoms with van der Waals surface area (Å²) in [5.74, 6) is 1.49. The van der Waals surface area contributed by atoms with Crippen molar-refractivity contribution in [2.75, 3.05) is 6.61 Å². The van der Waals surface area contributed by atoms with Gasteiger partial charge in [-0.15, -0.1) is 0 Å². The second-order valence-electron chi connectivity index (χ2n) is 3.48. The summed E-state index contributed by atoms with van der Waals surface area (Å²) < 4.78 is 5.38. The summed E-state index contributed by atoms with van der Waals surface area (Å²) in [4.78, 5) is 0. The Morgan fingerprint density at radius 1 is 1.42 bits per heavy atom. The van der Waals surface area contributed by atoms with E-state index in [2.05, 4.69) is 19.1 Å². The fourth-order valence-corrected chi connectivity index (χ4v) is 1.51.